The average Bonchev–Trinajstić information content (AvgIpc) is 2.13. The molecule has 1 aromatic rings. The molecule has 54 valence electrons. The van der Waals surface area contributed by atoms with Gasteiger partial charge < -0.3 is 5.21 Å². The first-order chi connectivity index (χ1) is 4.74. The fraction of sp³-hybridized carbons (Fsp3) is 0.200. The lowest BCUT2D eigenvalue weighted by atomic mass is 10.5. The fourth-order valence-electron chi connectivity index (χ4n) is 0.619. The average molecular weight is 204 g/mol. The largest absolute Gasteiger partial charge is 0.411 e. The molecule has 0 aliphatic carbocycles. The maximum Gasteiger partial charge on any atom is 0.121 e. The van der Waals surface area contributed by atoms with Crippen LogP contribution in [0.1, 0.15) is 5.69 Å². The topological polar surface area (TPSA) is 50.4 Å². The SMILES string of the molecule is Cn1cc(Br)c(/C=N/O)n1. The molecule has 0 amide bonds. The number of hydrogen-bond acceptors (Lipinski definition) is 3. The second-order valence-corrected chi connectivity index (χ2v) is 2.63. The number of nitrogens with zero attached hydrogens (tertiary/aromatic N) is 3. The van der Waals surface area contributed by atoms with Crippen LogP contribution in [0, 0.1) is 0 Å². The monoisotopic (exact) mass is 203 g/mol. The molecule has 1 heterocycles. The van der Waals surface area contributed by atoms with Gasteiger partial charge in [0.25, 0.3) is 0 Å². The summed E-state index contributed by atoms with van der Waals surface area (Å²) in [5.41, 5.74) is 0.616. The lowest BCUT2D eigenvalue weighted by Gasteiger charge is -1.81. The molecule has 0 radical (unpaired) electrons. The smallest absolute Gasteiger partial charge is 0.121 e. The summed E-state index contributed by atoms with van der Waals surface area (Å²) in [6.07, 6.45) is 3.04. The molecule has 0 spiro atoms. The number of aromatic nitrogens is 2. The maximum absolute atomic E-state index is 8.15. The molecule has 0 atom stereocenters. The van der Waals surface area contributed by atoms with Crippen LogP contribution in [-0.4, -0.2) is 21.2 Å². The van der Waals surface area contributed by atoms with E-state index in [1.165, 1.54) is 6.21 Å². The third-order valence-corrected chi connectivity index (χ3v) is 1.60. The van der Waals surface area contributed by atoms with E-state index in [0.717, 1.165) is 4.47 Å². The first-order valence-electron chi connectivity index (χ1n) is 2.60. The number of rotatable bonds is 1. The van der Waals surface area contributed by atoms with Crippen molar-refractivity contribution in [3.63, 3.8) is 0 Å². The Morgan fingerprint density at radius 3 is 3.00 bits per heavy atom. The summed E-state index contributed by atoms with van der Waals surface area (Å²) in [7, 11) is 1.79. The molecule has 0 aromatic carbocycles. The fourth-order valence-corrected chi connectivity index (χ4v) is 1.10. The molecular weight excluding hydrogens is 198 g/mol. The lowest BCUT2D eigenvalue weighted by molar-refractivity contribution is 0.321. The van der Waals surface area contributed by atoms with Crippen molar-refractivity contribution in [1.29, 1.82) is 0 Å². The molecular formula is C5H6BrN3O. The Balaban J connectivity index is 3.03. The van der Waals surface area contributed by atoms with Crippen LogP contribution in [0.15, 0.2) is 15.8 Å². The van der Waals surface area contributed by atoms with Crippen LogP contribution in [0.2, 0.25) is 0 Å². The zero-order valence-electron chi connectivity index (χ0n) is 5.32. The molecule has 10 heavy (non-hydrogen) atoms. The van der Waals surface area contributed by atoms with Gasteiger partial charge in [-0.15, -0.1) is 0 Å². The number of halogens is 1. The zero-order valence-corrected chi connectivity index (χ0v) is 6.91. The van der Waals surface area contributed by atoms with Crippen molar-refractivity contribution in [2.45, 2.75) is 0 Å². The highest BCUT2D eigenvalue weighted by Crippen LogP contribution is 2.11. The minimum absolute atomic E-state index is 0.616. The van der Waals surface area contributed by atoms with Crippen molar-refractivity contribution < 1.29 is 5.21 Å². The third kappa shape index (κ3) is 1.36. The van der Waals surface area contributed by atoms with Gasteiger partial charge in [0.05, 0.1) is 10.7 Å². The van der Waals surface area contributed by atoms with Crippen LogP contribution in [0.5, 0.6) is 0 Å². The van der Waals surface area contributed by atoms with Crippen LogP contribution >= 0.6 is 15.9 Å². The van der Waals surface area contributed by atoms with Gasteiger partial charge in [0, 0.05) is 13.2 Å². The van der Waals surface area contributed by atoms with Crippen molar-refractivity contribution in [2.75, 3.05) is 0 Å². The Bertz CT molecular complexity index is 255. The van der Waals surface area contributed by atoms with Crippen molar-refractivity contribution in [2.24, 2.45) is 12.2 Å². The molecule has 0 saturated carbocycles. The van der Waals surface area contributed by atoms with E-state index < -0.39 is 0 Å². The normalized spacial score (nSPS) is 11.0. The minimum atomic E-state index is 0.616. The summed E-state index contributed by atoms with van der Waals surface area (Å²) in [5.74, 6) is 0. The Morgan fingerprint density at radius 1 is 1.90 bits per heavy atom. The lowest BCUT2D eigenvalue weighted by Crippen LogP contribution is -1.89. The van der Waals surface area contributed by atoms with E-state index in [4.69, 9.17) is 5.21 Å². The van der Waals surface area contributed by atoms with E-state index in [1.807, 2.05) is 0 Å². The summed E-state index contributed by atoms with van der Waals surface area (Å²) < 4.78 is 2.44. The van der Waals surface area contributed by atoms with Crippen molar-refractivity contribution in [3.05, 3.63) is 16.4 Å². The standard InChI is InChI=1S/C5H6BrN3O/c1-9-3-4(6)5(8-9)2-7-10/h2-3,10H,1H3/b7-2+. The van der Waals surface area contributed by atoms with Gasteiger partial charge in [-0.1, -0.05) is 5.16 Å². The van der Waals surface area contributed by atoms with Gasteiger partial charge in [0.2, 0.25) is 0 Å². The van der Waals surface area contributed by atoms with Crippen molar-refractivity contribution in [1.82, 2.24) is 9.78 Å². The first-order valence-corrected chi connectivity index (χ1v) is 3.40. The van der Waals surface area contributed by atoms with Crippen LogP contribution in [-0.2, 0) is 7.05 Å². The van der Waals surface area contributed by atoms with Crippen LogP contribution in [0.3, 0.4) is 0 Å². The summed E-state index contributed by atoms with van der Waals surface area (Å²) >= 11 is 3.23. The highest BCUT2D eigenvalue weighted by Gasteiger charge is 1.99. The van der Waals surface area contributed by atoms with Crippen molar-refractivity contribution >= 4 is 22.1 Å². The Hall–Kier alpha value is -0.840. The van der Waals surface area contributed by atoms with E-state index in [2.05, 4.69) is 26.2 Å². The second-order valence-electron chi connectivity index (χ2n) is 1.78. The van der Waals surface area contributed by atoms with E-state index in [-0.39, 0.29) is 0 Å². The third-order valence-electron chi connectivity index (χ3n) is 0.990. The Kier molecular flexibility index (Phi) is 2.06. The molecule has 4 nitrogen and oxygen atoms in total. The predicted octanol–water partition coefficient (Wildman–Crippen LogP) is 0.991. The van der Waals surface area contributed by atoms with E-state index in [0.29, 0.717) is 5.69 Å². The van der Waals surface area contributed by atoms with Crippen LogP contribution in [0.25, 0.3) is 0 Å². The number of aryl methyl sites for hydroxylation is 1. The van der Waals surface area contributed by atoms with Gasteiger partial charge in [-0.05, 0) is 15.9 Å². The second kappa shape index (κ2) is 2.83. The van der Waals surface area contributed by atoms with Gasteiger partial charge in [-0.2, -0.15) is 5.10 Å². The van der Waals surface area contributed by atoms with Gasteiger partial charge in [-0.3, -0.25) is 4.68 Å². The molecule has 0 fully saturated rings. The highest BCUT2D eigenvalue weighted by atomic mass is 79.9. The Labute approximate surface area is 66.3 Å². The molecule has 5 heteroatoms. The molecule has 1 aromatic heterocycles. The molecule has 0 aliphatic rings. The zero-order chi connectivity index (χ0) is 7.56. The summed E-state index contributed by atoms with van der Waals surface area (Å²) in [6, 6.07) is 0. The van der Waals surface area contributed by atoms with E-state index in [1.54, 1.807) is 17.9 Å². The van der Waals surface area contributed by atoms with Gasteiger partial charge in [0.15, 0.2) is 0 Å². The number of hydrogen-bond donors (Lipinski definition) is 1. The summed E-state index contributed by atoms with van der Waals surface area (Å²) in [4.78, 5) is 0. The van der Waals surface area contributed by atoms with Gasteiger partial charge in [-0.25, -0.2) is 0 Å². The number of oxime groups is 1. The van der Waals surface area contributed by atoms with Gasteiger partial charge >= 0.3 is 0 Å². The van der Waals surface area contributed by atoms with Gasteiger partial charge in [0.1, 0.15) is 5.69 Å². The van der Waals surface area contributed by atoms with E-state index >= 15 is 0 Å². The molecule has 1 rings (SSSR count). The van der Waals surface area contributed by atoms with Crippen molar-refractivity contribution in [3.8, 4) is 0 Å². The molecule has 0 unspecified atom stereocenters. The highest BCUT2D eigenvalue weighted by molar-refractivity contribution is 9.10. The Morgan fingerprint density at radius 2 is 2.60 bits per heavy atom. The quantitative estimate of drug-likeness (QED) is 0.421. The first kappa shape index (κ1) is 7.27. The van der Waals surface area contributed by atoms with Crippen LogP contribution in [0.4, 0.5) is 0 Å². The summed E-state index contributed by atoms with van der Waals surface area (Å²) in [5, 5.41) is 15.0. The van der Waals surface area contributed by atoms with E-state index in [9.17, 15) is 0 Å². The molecule has 1 N–H and O–H groups in total. The summed E-state index contributed by atoms with van der Waals surface area (Å²) in [6.45, 7) is 0. The predicted molar refractivity (Wildman–Crippen MR) is 40.3 cm³/mol. The molecule has 0 saturated heterocycles. The molecule has 0 bridgehead atoms. The maximum atomic E-state index is 8.15. The minimum Gasteiger partial charge on any atom is -0.411 e. The molecule has 0 aliphatic heterocycles. The van der Waals surface area contributed by atoms with Crippen LogP contribution < -0.4 is 0 Å².